The summed E-state index contributed by atoms with van der Waals surface area (Å²) in [4.78, 5) is 10.6. The van der Waals surface area contributed by atoms with Crippen molar-refractivity contribution >= 4 is 35.4 Å². The molecule has 0 radical (unpaired) electrons. The average Bonchev–Trinajstić information content (AvgIpc) is 2.72. The van der Waals surface area contributed by atoms with Crippen molar-refractivity contribution in [2.75, 3.05) is 0 Å². The molecular formula is C19H21BO4. The number of fused-ring (bicyclic) bond motifs is 1. The number of aliphatic carboxylic acids is 1. The number of carbonyl (C=O) groups is 1. The van der Waals surface area contributed by atoms with Gasteiger partial charge in [-0.1, -0.05) is 30.3 Å². The van der Waals surface area contributed by atoms with E-state index in [4.69, 9.17) is 14.4 Å². The Kier molecular flexibility index (Phi) is 4.02. The summed E-state index contributed by atoms with van der Waals surface area (Å²) in [5.74, 6) is -0.953. The van der Waals surface area contributed by atoms with Gasteiger partial charge in [-0.05, 0) is 61.6 Å². The molecule has 0 aromatic heterocycles. The Morgan fingerprint density at radius 1 is 1.00 bits per heavy atom. The van der Waals surface area contributed by atoms with E-state index in [0.29, 0.717) is 0 Å². The van der Waals surface area contributed by atoms with Gasteiger partial charge in [-0.25, -0.2) is 4.79 Å². The maximum Gasteiger partial charge on any atom is 0.494 e. The van der Waals surface area contributed by atoms with Gasteiger partial charge in [0.2, 0.25) is 0 Å². The van der Waals surface area contributed by atoms with Crippen molar-refractivity contribution in [1.82, 2.24) is 0 Å². The molecule has 1 aliphatic rings. The zero-order valence-electron chi connectivity index (χ0n) is 14.4. The van der Waals surface area contributed by atoms with Crippen LogP contribution in [0.3, 0.4) is 0 Å². The molecule has 124 valence electrons. The van der Waals surface area contributed by atoms with E-state index in [1.54, 1.807) is 6.08 Å². The van der Waals surface area contributed by atoms with E-state index in [2.05, 4.69) is 6.07 Å². The summed E-state index contributed by atoms with van der Waals surface area (Å²) in [6.07, 6.45) is 2.73. The topological polar surface area (TPSA) is 55.8 Å². The van der Waals surface area contributed by atoms with Crippen LogP contribution in [0.25, 0.3) is 16.8 Å². The van der Waals surface area contributed by atoms with E-state index in [-0.39, 0.29) is 18.3 Å². The monoisotopic (exact) mass is 324 g/mol. The third-order valence-corrected chi connectivity index (χ3v) is 4.83. The highest BCUT2D eigenvalue weighted by molar-refractivity contribution is 6.62. The second-order valence-electron chi connectivity index (χ2n) is 7.13. The zero-order valence-corrected chi connectivity index (χ0v) is 14.4. The van der Waals surface area contributed by atoms with Gasteiger partial charge in [-0.2, -0.15) is 0 Å². The number of hydrogen-bond acceptors (Lipinski definition) is 3. The quantitative estimate of drug-likeness (QED) is 0.696. The van der Waals surface area contributed by atoms with Crippen LogP contribution in [0.2, 0.25) is 0 Å². The molecule has 1 aliphatic heterocycles. The van der Waals surface area contributed by atoms with E-state index in [9.17, 15) is 4.79 Å². The summed E-state index contributed by atoms with van der Waals surface area (Å²) in [7, 11) is -0.383. The maximum atomic E-state index is 10.6. The minimum absolute atomic E-state index is 0.363. The molecule has 1 heterocycles. The van der Waals surface area contributed by atoms with Gasteiger partial charge in [0.15, 0.2) is 0 Å². The molecule has 2 aromatic carbocycles. The highest BCUT2D eigenvalue weighted by Gasteiger charge is 2.51. The number of hydrogen-bond donors (Lipinski definition) is 1. The second-order valence-corrected chi connectivity index (χ2v) is 7.13. The van der Waals surface area contributed by atoms with Crippen LogP contribution in [0.4, 0.5) is 0 Å². The molecule has 4 nitrogen and oxygen atoms in total. The van der Waals surface area contributed by atoms with Gasteiger partial charge in [0.25, 0.3) is 0 Å². The van der Waals surface area contributed by atoms with Gasteiger partial charge < -0.3 is 14.4 Å². The largest absolute Gasteiger partial charge is 0.494 e. The molecule has 0 atom stereocenters. The minimum atomic E-state index is -0.953. The van der Waals surface area contributed by atoms with E-state index >= 15 is 0 Å². The first kappa shape index (κ1) is 16.7. The Morgan fingerprint density at radius 2 is 1.58 bits per heavy atom. The lowest BCUT2D eigenvalue weighted by molar-refractivity contribution is -0.131. The van der Waals surface area contributed by atoms with Crippen molar-refractivity contribution in [2.24, 2.45) is 0 Å². The molecule has 24 heavy (non-hydrogen) atoms. The predicted molar refractivity (Wildman–Crippen MR) is 96.3 cm³/mol. The van der Waals surface area contributed by atoms with E-state index in [1.165, 1.54) is 0 Å². The number of benzene rings is 2. The van der Waals surface area contributed by atoms with Crippen LogP contribution >= 0.6 is 0 Å². The van der Waals surface area contributed by atoms with Crippen LogP contribution in [-0.4, -0.2) is 29.4 Å². The van der Waals surface area contributed by atoms with Crippen LogP contribution in [0, 0.1) is 0 Å². The van der Waals surface area contributed by atoms with Gasteiger partial charge in [-0.3, -0.25) is 0 Å². The SMILES string of the molecule is CC1(C)OB(c2ccc3cc(/C=C/C(=O)O)ccc3c2)OC1(C)C. The molecular weight excluding hydrogens is 303 g/mol. The lowest BCUT2D eigenvalue weighted by Gasteiger charge is -2.32. The average molecular weight is 324 g/mol. The molecule has 0 spiro atoms. The Bertz CT molecular complexity index is 807. The lowest BCUT2D eigenvalue weighted by Crippen LogP contribution is -2.41. The molecule has 0 aliphatic carbocycles. The molecule has 1 N–H and O–H groups in total. The first-order valence-electron chi connectivity index (χ1n) is 7.98. The van der Waals surface area contributed by atoms with Gasteiger partial charge in [-0.15, -0.1) is 0 Å². The molecule has 1 saturated heterocycles. The van der Waals surface area contributed by atoms with E-state index in [0.717, 1.165) is 27.9 Å². The summed E-state index contributed by atoms with van der Waals surface area (Å²) < 4.78 is 12.2. The van der Waals surface area contributed by atoms with Crippen molar-refractivity contribution in [3.8, 4) is 0 Å². The van der Waals surface area contributed by atoms with Crippen molar-refractivity contribution in [2.45, 2.75) is 38.9 Å². The fourth-order valence-electron chi connectivity index (χ4n) is 2.68. The van der Waals surface area contributed by atoms with E-state index in [1.807, 2.05) is 58.0 Å². The zero-order chi connectivity index (χ0) is 17.5. The summed E-state index contributed by atoms with van der Waals surface area (Å²) >= 11 is 0. The molecule has 1 fully saturated rings. The third kappa shape index (κ3) is 3.10. The van der Waals surface area contributed by atoms with Crippen LogP contribution in [-0.2, 0) is 14.1 Å². The summed E-state index contributed by atoms with van der Waals surface area (Å²) in [5.41, 5.74) is 1.11. The normalized spacial score (nSPS) is 19.2. The summed E-state index contributed by atoms with van der Waals surface area (Å²) in [6, 6.07) is 11.9. The van der Waals surface area contributed by atoms with E-state index < -0.39 is 5.97 Å². The van der Waals surface area contributed by atoms with Gasteiger partial charge in [0.1, 0.15) is 0 Å². The van der Waals surface area contributed by atoms with Crippen molar-refractivity contribution in [1.29, 1.82) is 0 Å². The molecule has 0 amide bonds. The maximum absolute atomic E-state index is 10.6. The Morgan fingerprint density at radius 3 is 2.21 bits per heavy atom. The van der Waals surface area contributed by atoms with Crippen LogP contribution in [0.5, 0.6) is 0 Å². The molecule has 2 aromatic rings. The Balaban J connectivity index is 1.90. The van der Waals surface area contributed by atoms with Gasteiger partial charge >= 0.3 is 13.1 Å². The molecule has 0 saturated carbocycles. The van der Waals surface area contributed by atoms with Gasteiger partial charge in [0.05, 0.1) is 11.2 Å². The number of rotatable bonds is 3. The van der Waals surface area contributed by atoms with Crippen LogP contribution in [0.15, 0.2) is 42.5 Å². The standard InChI is InChI=1S/C19H21BO4/c1-18(2)19(3,4)24-20(23-18)16-9-8-14-11-13(6-10-17(21)22)5-7-15(14)12-16/h5-12H,1-4H3,(H,21,22)/b10-6+. The third-order valence-electron chi connectivity index (χ3n) is 4.83. The van der Waals surface area contributed by atoms with Crippen LogP contribution < -0.4 is 5.46 Å². The van der Waals surface area contributed by atoms with Gasteiger partial charge in [0, 0.05) is 6.08 Å². The number of carboxylic acid groups (broad SMARTS) is 1. The Hall–Kier alpha value is -2.11. The fraction of sp³-hybridized carbons (Fsp3) is 0.316. The number of carboxylic acids is 1. The molecule has 5 heteroatoms. The highest BCUT2D eigenvalue weighted by Crippen LogP contribution is 2.36. The van der Waals surface area contributed by atoms with Crippen LogP contribution in [0.1, 0.15) is 33.3 Å². The molecule has 0 unspecified atom stereocenters. The second kappa shape index (κ2) is 5.76. The molecule has 0 bridgehead atoms. The Labute approximate surface area is 142 Å². The minimum Gasteiger partial charge on any atom is -0.478 e. The van der Waals surface area contributed by atoms with Crippen molar-refractivity contribution < 1.29 is 19.2 Å². The summed E-state index contributed by atoms with van der Waals surface area (Å²) in [5, 5.41) is 10.8. The highest BCUT2D eigenvalue weighted by atomic mass is 16.7. The predicted octanol–water partition coefficient (Wildman–Crippen LogP) is 3.24. The molecule has 3 rings (SSSR count). The smallest absolute Gasteiger partial charge is 0.478 e. The fourth-order valence-corrected chi connectivity index (χ4v) is 2.68. The van der Waals surface area contributed by atoms with Crippen molar-refractivity contribution in [3.63, 3.8) is 0 Å². The van der Waals surface area contributed by atoms with Crippen molar-refractivity contribution in [3.05, 3.63) is 48.0 Å². The summed E-state index contributed by atoms with van der Waals surface area (Å²) in [6.45, 7) is 8.15. The lowest BCUT2D eigenvalue weighted by atomic mass is 9.78. The first-order valence-corrected chi connectivity index (χ1v) is 7.98. The first-order chi connectivity index (χ1) is 11.2.